The third-order valence-corrected chi connectivity index (χ3v) is 25.1. The van der Waals surface area contributed by atoms with Crippen LogP contribution in [0.25, 0.3) is 0 Å². The number of nitrogens with one attached hydrogen (secondary N) is 1. The fourth-order valence-corrected chi connectivity index (χ4v) is 26.0. The van der Waals surface area contributed by atoms with Gasteiger partial charge < -0.3 is 37.2 Å². The molecular formula is C54H97NO13Si3. The predicted molar refractivity (Wildman–Crippen MR) is 287 cm³/mol. The number of unbranched alkanes of at least 4 members (excludes halogenated alkanes) is 3. The van der Waals surface area contributed by atoms with Gasteiger partial charge in [0.15, 0.2) is 16.6 Å². The van der Waals surface area contributed by atoms with Crippen molar-refractivity contribution in [1.29, 1.82) is 0 Å². The van der Waals surface area contributed by atoms with Crippen molar-refractivity contribution >= 4 is 60.6 Å². The van der Waals surface area contributed by atoms with Crippen molar-refractivity contribution in [2.75, 3.05) is 46.2 Å². The highest BCUT2D eigenvalue weighted by Crippen LogP contribution is 2.51. The number of rotatable bonds is 36. The Hall–Kier alpha value is -2.81. The van der Waals surface area contributed by atoms with Gasteiger partial charge in [-0.25, -0.2) is 14.4 Å². The van der Waals surface area contributed by atoms with Crippen LogP contribution in [0.5, 0.6) is 0 Å². The summed E-state index contributed by atoms with van der Waals surface area (Å²) in [7, 11) is -6.39. The Balaban J connectivity index is 1.59. The highest BCUT2D eigenvalue weighted by Gasteiger charge is 2.45. The molecule has 17 heteroatoms. The highest BCUT2D eigenvalue weighted by atomic mass is 28.5. The Morgan fingerprint density at radius 3 is 1.59 bits per heavy atom. The molecule has 4 unspecified atom stereocenters. The van der Waals surface area contributed by atoms with Crippen LogP contribution >= 0.6 is 0 Å². The van der Waals surface area contributed by atoms with Gasteiger partial charge in [0.2, 0.25) is 0 Å². The van der Waals surface area contributed by atoms with Crippen molar-refractivity contribution in [3.63, 3.8) is 0 Å². The Labute approximate surface area is 432 Å². The van der Waals surface area contributed by atoms with Gasteiger partial charge in [0.1, 0.15) is 30.6 Å². The summed E-state index contributed by atoms with van der Waals surface area (Å²) in [5.74, 6) is -0.660. The normalized spacial score (nSPS) is 22.2. The van der Waals surface area contributed by atoms with Gasteiger partial charge in [0.25, 0.3) is 0 Å². The molecule has 2 fully saturated rings. The molecule has 14 nitrogen and oxygen atoms in total. The number of carbonyl (C=O) groups is 6. The van der Waals surface area contributed by atoms with Crippen LogP contribution in [0.1, 0.15) is 151 Å². The Kier molecular flexibility index (Phi) is 27.1. The van der Waals surface area contributed by atoms with Crippen molar-refractivity contribution in [3.05, 3.63) is 25.3 Å². The van der Waals surface area contributed by atoms with Gasteiger partial charge in [-0.2, -0.15) is 0 Å². The Morgan fingerprint density at radius 1 is 0.535 bits per heavy atom. The first-order valence-corrected chi connectivity index (χ1v) is 35.6. The largest absolute Gasteiger partial charge is 0.462 e. The van der Waals surface area contributed by atoms with Gasteiger partial charge >= 0.3 is 26.6 Å². The average molecular weight is 1050 g/mol. The van der Waals surface area contributed by atoms with Crippen LogP contribution in [0.3, 0.4) is 0 Å². The molecular weight excluding hydrogens is 955 g/mol. The van der Waals surface area contributed by atoms with E-state index in [-0.39, 0.29) is 77.2 Å². The summed E-state index contributed by atoms with van der Waals surface area (Å²) < 4.78 is 40.7. The smallest absolute Gasteiger partial charge is 0.407 e. The van der Waals surface area contributed by atoms with Crippen LogP contribution in [0.15, 0.2) is 25.3 Å². The molecule has 2 aliphatic carbocycles. The van der Waals surface area contributed by atoms with Crippen molar-refractivity contribution < 1.29 is 60.7 Å². The lowest BCUT2D eigenvalue weighted by Crippen LogP contribution is -2.52. The molecule has 0 aromatic rings. The number of ketones is 3. The van der Waals surface area contributed by atoms with E-state index in [9.17, 15) is 28.8 Å². The van der Waals surface area contributed by atoms with E-state index < -0.39 is 43.2 Å². The molecule has 1 amide bonds. The van der Waals surface area contributed by atoms with E-state index in [1.165, 1.54) is 0 Å². The first kappa shape index (κ1) is 64.3. The number of hydrogen-bond donors (Lipinski definition) is 1. The van der Waals surface area contributed by atoms with Gasteiger partial charge in [-0.3, -0.25) is 14.4 Å². The molecule has 0 saturated heterocycles. The first-order chi connectivity index (χ1) is 32.9. The monoisotopic (exact) mass is 1050 g/mol. The number of Topliss-reactive ketones (excluding diaryl/α,β-unsaturated/α-hetero) is 3. The zero-order valence-corrected chi connectivity index (χ0v) is 49.4. The highest BCUT2D eigenvalue weighted by molar-refractivity contribution is 6.87. The van der Waals surface area contributed by atoms with Gasteiger partial charge in [-0.15, -0.1) is 0 Å². The van der Waals surface area contributed by atoms with Crippen LogP contribution in [0, 0.1) is 27.6 Å². The maximum atomic E-state index is 13.2. The first-order valence-electron chi connectivity index (χ1n) is 26.5. The molecule has 0 radical (unpaired) electrons. The molecule has 0 spiro atoms. The molecule has 0 heterocycles. The van der Waals surface area contributed by atoms with Gasteiger partial charge in [-0.05, 0) is 137 Å². The predicted octanol–water partition coefficient (Wildman–Crippen LogP) is 11.8. The summed E-state index contributed by atoms with van der Waals surface area (Å²) in [4.78, 5) is 74.4. The lowest BCUT2D eigenvalue weighted by molar-refractivity contribution is -0.140. The number of hydrogen-bond acceptors (Lipinski definition) is 13. The van der Waals surface area contributed by atoms with E-state index in [1.807, 2.05) is 0 Å². The molecule has 2 aliphatic rings. The van der Waals surface area contributed by atoms with Crippen LogP contribution in [0.2, 0.25) is 51.4 Å². The second-order valence-electron chi connectivity index (χ2n) is 24.7. The van der Waals surface area contributed by atoms with Crippen LogP contribution in [-0.2, 0) is 55.9 Å². The summed E-state index contributed by atoms with van der Waals surface area (Å²) in [6, 6.07) is 1.81. The minimum atomic E-state index is -2.38. The SMILES string of the molecule is C=CC(=O)OCCOC(=O)NC1CC(C)(C)CC(C)(CC(=O)CCOCCC[Si](C)(C)O[Si](C)(C)O[Si](C)(C)CCCOCCCCCCC(=O)CC2(C)CC(C(=O)CCOC(=O)C=C)CC(C)(C)C2)C1. The number of alkyl carbamates (subject to hydrolysis) is 1. The topological polar surface area (TPSA) is 179 Å². The molecule has 0 aromatic carbocycles. The van der Waals surface area contributed by atoms with Gasteiger partial charge in [0, 0.05) is 76.0 Å². The summed E-state index contributed by atoms with van der Waals surface area (Å²) in [5, 5.41) is 2.96. The summed E-state index contributed by atoms with van der Waals surface area (Å²) in [6.07, 6.45) is 14.1. The second-order valence-corrected chi connectivity index (χ2v) is 37.1. The van der Waals surface area contributed by atoms with E-state index in [0.717, 1.165) is 88.4 Å². The number of esters is 2. The summed E-state index contributed by atoms with van der Waals surface area (Å²) >= 11 is 0. The van der Waals surface area contributed by atoms with Crippen LogP contribution in [0.4, 0.5) is 4.79 Å². The van der Waals surface area contributed by atoms with E-state index in [1.54, 1.807) is 0 Å². The van der Waals surface area contributed by atoms with Crippen molar-refractivity contribution in [2.45, 2.75) is 208 Å². The van der Waals surface area contributed by atoms with Gasteiger partial charge in [0.05, 0.1) is 13.2 Å². The van der Waals surface area contributed by atoms with Crippen molar-refractivity contribution in [3.8, 4) is 0 Å². The fraction of sp³-hybridized carbons (Fsp3) is 0.815. The zero-order valence-electron chi connectivity index (χ0n) is 46.4. The molecule has 0 bridgehead atoms. The maximum Gasteiger partial charge on any atom is 0.407 e. The summed E-state index contributed by atoms with van der Waals surface area (Å²) in [6.45, 7) is 35.5. The lowest BCUT2D eigenvalue weighted by Gasteiger charge is -2.46. The van der Waals surface area contributed by atoms with Crippen LogP contribution in [-0.4, -0.2) is 113 Å². The minimum Gasteiger partial charge on any atom is -0.462 e. The summed E-state index contributed by atoms with van der Waals surface area (Å²) in [5.41, 5.74) is -0.574. The van der Waals surface area contributed by atoms with Crippen molar-refractivity contribution in [2.24, 2.45) is 27.6 Å². The molecule has 1 N–H and O–H groups in total. The Bertz CT molecular complexity index is 1750. The molecule has 0 aliphatic heterocycles. The van der Waals surface area contributed by atoms with E-state index in [0.29, 0.717) is 65.0 Å². The van der Waals surface area contributed by atoms with Crippen molar-refractivity contribution in [1.82, 2.24) is 5.32 Å². The van der Waals surface area contributed by atoms with E-state index >= 15 is 0 Å². The fourth-order valence-electron chi connectivity index (χ4n) is 12.0. The second kappa shape index (κ2) is 29.9. The molecule has 2 rings (SSSR count). The van der Waals surface area contributed by atoms with Gasteiger partial charge in [-0.1, -0.05) is 67.5 Å². The van der Waals surface area contributed by atoms with E-state index in [2.05, 4.69) is 99.3 Å². The quantitative estimate of drug-likeness (QED) is 0.0206. The molecule has 408 valence electrons. The number of carbonyl (C=O) groups excluding carboxylic acids is 6. The molecule has 71 heavy (non-hydrogen) atoms. The molecule has 0 aromatic heterocycles. The molecule has 4 atom stereocenters. The average Bonchev–Trinajstić information content (AvgIpc) is 3.21. The third-order valence-electron chi connectivity index (χ3n) is 13.6. The van der Waals surface area contributed by atoms with E-state index in [4.69, 9.17) is 31.9 Å². The number of amides is 1. The third kappa shape index (κ3) is 28.4. The standard InChI is InChI=1S/C54H97NO13Si3/c1-15-48(59)64-30-25-47(58)43-35-51(3,4)41-53(7,36-43)39-45(56)23-19-17-18-20-26-62-27-21-33-69(9,10)67-71(13,14)68-70(11,12)34-22-28-63-29-24-46(57)40-54(8)38-44(37-52(5,6)42-54)55-50(61)66-32-31-65-49(60)16-2/h15-16,43-44H,1-2,17-42H2,3-14H3,(H,55,61). The molecule has 2 saturated carbocycles. The lowest BCUT2D eigenvalue weighted by atomic mass is 9.58. The van der Waals surface area contributed by atoms with Crippen LogP contribution < -0.4 is 5.32 Å². The Morgan fingerprint density at radius 2 is 1.01 bits per heavy atom. The minimum absolute atomic E-state index is 0.0354. The number of ether oxygens (including phenoxy) is 5. The zero-order chi connectivity index (χ0) is 53.6. The maximum absolute atomic E-state index is 13.2.